The molecule has 0 bridgehead atoms. The number of aromatic nitrogens is 1. The van der Waals surface area contributed by atoms with Crippen LogP contribution in [-0.2, 0) is 24.8 Å². The highest BCUT2D eigenvalue weighted by Crippen LogP contribution is 2.27. The molecular weight excluding hydrogens is 524 g/mol. The summed E-state index contributed by atoms with van der Waals surface area (Å²) in [6.07, 6.45) is 0. The number of nitrogens with zero attached hydrogens (tertiary/aromatic N) is 3. The molecule has 4 rings (SSSR count). The van der Waals surface area contributed by atoms with Crippen molar-refractivity contribution in [2.45, 2.75) is 9.79 Å². The van der Waals surface area contributed by atoms with Gasteiger partial charge in [-0.15, -0.1) is 11.3 Å². The summed E-state index contributed by atoms with van der Waals surface area (Å²) < 4.78 is 58.0. The molecule has 1 aliphatic heterocycles. The van der Waals surface area contributed by atoms with Gasteiger partial charge >= 0.3 is 0 Å². The Morgan fingerprint density at radius 3 is 2.42 bits per heavy atom. The molecule has 192 valence electrons. The summed E-state index contributed by atoms with van der Waals surface area (Å²) in [5.74, 6) is -0.278. The lowest BCUT2D eigenvalue weighted by Gasteiger charge is -2.26. The molecule has 0 aliphatic carbocycles. The molecule has 2 aromatic carbocycles. The van der Waals surface area contributed by atoms with Crippen molar-refractivity contribution in [2.24, 2.45) is 0 Å². The van der Waals surface area contributed by atoms with Crippen LogP contribution in [0.25, 0.3) is 11.3 Å². The van der Waals surface area contributed by atoms with Gasteiger partial charge in [-0.25, -0.2) is 26.1 Å². The zero-order valence-corrected chi connectivity index (χ0v) is 22.2. The predicted molar refractivity (Wildman–Crippen MR) is 137 cm³/mol. The molecule has 1 aliphatic rings. The van der Waals surface area contributed by atoms with E-state index in [1.807, 2.05) is 5.38 Å². The molecule has 0 spiro atoms. The van der Waals surface area contributed by atoms with Gasteiger partial charge in [0.2, 0.25) is 20.0 Å². The van der Waals surface area contributed by atoms with E-state index in [0.29, 0.717) is 37.1 Å². The van der Waals surface area contributed by atoms with Gasteiger partial charge in [0, 0.05) is 43.7 Å². The Kier molecular flexibility index (Phi) is 7.87. The highest BCUT2D eigenvalue weighted by molar-refractivity contribution is 7.89. The number of hydrogen-bond donors (Lipinski definition) is 1. The van der Waals surface area contributed by atoms with Crippen LogP contribution in [0.3, 0.4) is 0 Å². The summed E-state index contributed by atoms with van der Waals surface area (Å²) in [5.41, 5.74) is 1.66. The largest absolute Gasteiger partial charge is 0.379 e. The van der Waals surface area contributed by atoms with Gasteiger partial charge in [0.15, 0.2) is 10.9 Å². The van der Waals surface area contributed by atoms with E-state index >= 15 is 0 Å². The molecule has 0 amide bonds. The number of ether oxygens (including phenoxy) is 1. The molecule has 1 fully saturated rings. The van der Waals surface area contributed by atoms with E-state index in [1.54, 1.807) is 30.3 Å². The highest BCUT2D eigenvalue weighted by Gasteiger charge is 2.26. The second-order valence-electron chi connectivity index (χ2n) is 8.17. The second-order valence-corrected chi connectivity index (χ2v) is 13.1. The van der Waals surface area contributed by atoms with Crippen molar-refractivity contribution in [3.8, 4) is 11.3 Å². The summed E-state index contributed by atoms with van der Waals surface area (Å²) in [6.45, 7) is 1.37. The maximum absolute atomic E-state index is 12.8. The number of carbonyl (C=O) groups is 1. The van der Waals surface area contributed by atoms with Crippen LogP contribution < -0.4 is 5.32 Å². The summed E-state index contributed by atoms with van der Waals surface area (Å²) in [6, 6.07) is 12.4. The van der Waals surface area contributed by atoms with Gasteiger partial charge in [0.1, 0.15) is 0 Å². The highest BCUT2D eigenvalue weighted by atomic mass is 32.2. The first kappa shape index (κ1) is 26.4. The van der Waals surface area contributed by atoms with Crippen LogP contribution in [-0.4, -0.2) is 83.2 Å². The lowest BCUT2D eigenvalue weighted by Crippen LogP contribution is -2.40. The Balaban J connectivity index is 1.41. The van der Waals surface area contributed by atoms with Crippen molar-refractivity contribution in [1.29, 1.82) is 0 Å². The van der Waals surface area contributed by atoms with E-state index in [2.05, 4.69) is 10.3 Å². The molecule has 0 radical (unpaired) electrons. The molecule has 2 heterocycles. The smallest absolute Gasteiger partial charge is 0.243 e. The fraction of sp³-hybridized carbons (Fsp3) is 0.304. The average Bonchev–Trinajstić information content (AvgIpc) is 3.37. The second kappa shape index (κ2) is 10.7. The molecule has 1 aromatic heterocycles. The van der Waals surface area contributed by atoms with Crippen molar-refractivity contribution >= 4 is 42.3 Å². The standard InChI is InChI=1S/C23H26N4O6S3/c1-26(2)35(29,30)20-5-3-4-18(14-20)22(28)15-24-23-25-21(16-34-23)17-6-8-19(9-7-17)36(31,32)27-10-12-33-13-11-27/h3-9,14,16H,10-13,15H2,1-2H3,(H,24,25). The number of nitrogens with one attached hydrogen (secondary N) is 1. The van der Waals surface area contributed by atoms with Crippen LogP contribution in [0.4, 0.5) is 5.13 Å². The number of morpholine rings is 1. The minimum absolute atomic E-state index is 0.0500. The van der Waals surface area contributed by atoms with E-state index in [-0.39, 0.29) is 27.7 Å². The van der Waals surface area contributed by atoms with Crippen LogP contribution in [0.1, 0.15) is 10.4 Å². The Labute approximate surface area is 214 Å². The Morgan fingerprint density at radius 1 is 1.06 bits per heavy atom. The third kappa shape index (κ3) is 5.66. The maximum atomic E-state index is 12.8. The number of sulfonamides is 2. The van der Waals surface area contributed by atoms with Gasteiger partial charge in [0.25, 0.3) is 0 Å². The maximum Gasteiger partial charge on any atom is 0.243 e. The molecule has 13 heteroatoms. The number of rotatable bonds is 9. The first-order valence-electron chi connectivity index (χ1n) is 11.0. The number of hydrogen-bond acceptors (Lipinski definition) is 9. The number of benzene rings is 2. The zero-order chi connectivity index (χ0) is 25.9. The van der Waals surface area contributed by atoms with Crippen LogP contribution in [0, 0.1) is 0 Å². The molecular formula is C23H26N4O6S3. The number of Topliss-reactive ketones (excluding diaryl/α,β-unsaturated/α-hetero) is 1. The minimum Gasteiger partial charge on any atom is -0.379 e. The zero-order valence-electron chi connectivity index (χ0n) is 19.7. The van der Waals surface area contributed by atoms with Crippen LogP contribution in [0.5, 0.6) is 0 Å². The normalized spacial score (nSPS) is 15.2. The van der Waals surface area contributed by atoms with Gasteiger partial charge in [-0.05, 0) is 24.3 Å². The van der Waals surface area contributed by atoms with E-state index < -0.39 is 20.0 Å². The van der Waals surface area contributed by atoms with Crippen molar-refractivity contribution in [2.75, 3.05) is 52.3 Å². The molecule has 0 atom stereocenters. The van der Waals surface area contributed by atoms with Crippen molar-refractivity contribution < 1.29 is 26.4 Å². The molecule has 1 N–H and O–H groups in total. The van der Waals surface area contributed by atoms with Crippen LogP contribution in [0.2, 0.25) is 0 Å². The molecule has 0 saturated carbocycles. The fourth-order valence-electron chi connectivity index (χ4n) is 3.52. The van der Waals surface area contributed by atoms with E-state index in [9.17, 15) is 21.6 Å². The first-order valence-corrected chi connectivity index (χ1v) is 14.8. The average molecular weight is 551 g/mol. The van der Waals surface area contributed by atoms with E-state index in [4.69, 9.17) is 4.74 Å². The third-order valence-corrected chi connectivity index (χ3v) is 10.1. The van der Waals surface area contributed by atoms with Gasteiger partial charge in [-0.1, -0.05) is 24.3 Å². The Bertz CT molecular complexity index is 1440. The molecule has 10 nitrogen and oxygen atoms in total. The van der Waals surface area contributed by atoms with Gasteiger partial charge < -0.3 is 10.1 Å². The minimum atomic E-state index is -3.64. The van der Waals surface area contributed by atoms with Crippen molar-refractivity contribution in [1.82, 2.24) is 13.6 Å². The van der Waals surface area contributed by atoms with Gasteiger partial charge in [-0.2, -0.15) is 4.31 Å². The van der Waals surface area contributed by atoms with Crippen molar-refractivity contribution in [3.63, 3.8) is 0 Å². The SMILES string of the molecule is CN(C)S(=O)(=O)c1cccc(C(=O)CNc2nc(-c3ccc(S(=O)(=O)N4CCOCC4)cc3)cs2)c1. The van der Waals surface area contributed by atoms with E-state index in [1.165, 1.54) is 47.9 Å². The van der Waals surface area contributed by atoms with Gasteiger partial charge in [0.05, 0.1) is 35.2 Å². The monoisotopic (exact) mass is 550 g/mol. The van der Waals surface area contributed by atoms with Crippen molar-refractivity contribution in [3.05, 3.63) is 59.5 Å². The summed E-state index contributed by atoms with van der Waals surface area (Å²) in [4.78, 5) is 17.4. The topological polar surface area (TPSA) is 126 Å². The summed E-state index contributed by atoms with van der Waals surface area (Å²) in [5, 5.41) is 5.30. The Morgan fingerprint density at radius 2 is 1.75 bits per heavy atom. The fourth-order valence-corrected chi connectivity index (χ4v) is 6.59. The molecule has 36 heavy (non-hydrogen) atoms. The lowest BCUT2D eigenvalue weighted by atomic mass is 10.1. The third-order valence-electron chi connectivity index (χ3n) is 5.60. The summed E-state index contributed by atoms with van der Waals surface area (Å²) >= 11 is 1.31. The molecule has 3 aromatic rings. The number of thiazole rings is 1. The summed E-state index contributed by atoms with van der Waals surface area (Å²) in [7, 11) is -4.35. The van der Waals surface area contributed by atoms with Crippen LogP contribution in [0.15, 0.2) is 63.7 Å². The van der Waals surface area contributed by atoms with Gasteiger partial charge in [-0.3, -0.25) is 4.79 Å². The quantitative estimate of drug-likeness (QED) is 0.403. The number of ketones is 1. The number of carbonyl (C=O) groups excluding carboxylic acids is 1. The lowest BCUT2D eigenvalue weighted by molar-refractivity contribution is 0.0730. The molecule has 1 saturated heterocycles. The first-order chi connectivity index (χ1) is 17.1. The van der Waals surface area contributed by atoms with Crippen LogP contribution >= 0.6 is 11.3 Å². The van der Waals surface area contributed by atoms with E-state index in [0.717, 1.165) is 9.87 Å². The predicted octanol–water partition coefficient (Wildman–Crippen LogP) is 2.38. The molecule has 0 unspecified atom stereocenters. The number of anilines is 1. The Hall–Kier alpha value is -2.68.